The molecule has 2 nitrogen and oxygen atoms in total. The number of amides is 1. The number of hydrogen-bond acceptors (Lipinski definition) is 1. The Morgan fingerprint density at radius 2 is 2.00 bits per heavy atom. The van der Waals surface area contributed by atoms with E-state index in [2.05, 4.69) is 58.1 Å². The predicted octanol–water partition coefficient (Wildman–Crippen LogP) is 4.01. The predicted molar refractivity (Wildman–Crippen MR) is 90.7 cm³/mol. The number of likely N-dealkylation sites (tertiary alicyclic amines) is 1. The lowest BCUT2D eigenvalue weighted by Gasteiger charge is -2.25. The molecule has 0 saturated carbocycles. The second-order valence-corrected chi connectivity index (χ2v) is 6.58. The van der Waals surface area contributed by atoms with E-state index in [4.69, 9.17) is 0 Å². The quantitative estimate of drug-likeness (QED) is 0.769. The molecule has 1 amide bonds. The fraction of sp³-hybridized carbons (Fsp3) is 0.389. The third-order valence-electron chi connectivity index (χ3n) is 4.53. The minimum Gasteiger partial charge on any atom is -0.338 e. The largest absolute Gasteiger partial charge is 0.338 e. The molecule has 2 unspecified atom stereocenters. The number of carbonyl (C=O) groups is 1. The highest BCUT2D eigenvalue weighted by Crippen LogP contribution is 2.26. The Bertz CT molecular complexity index is 654. The van der Waals surface area contributed by atoms with Crippen molar-refractivity contribution in [1.29, 1.82) is 0 Å². The van der Waals surface area contributed by atoms with Crippen LogP contribution in [0.25, 0.3) is 10.8 Å². The van der Waals surface area contributed by atoms with Gasteiger partial charge in [0.1, 0.15) is 0 Å². The second-order valence-electron chi connectivity index (χ2n) is 5.93. The average Bonchev–Trinajstić information content (AvgIpc) is 2.88. The first-order chi connectivity index (χ1) is 10.2. The van der Waals surface area contributed by atoms with Crippen LogP contribution in [0.1, 0.15) is 18.9 Å². The lowest BCUT2D eigenvalue weighted by molar-refractivity contribution is -0.131. The average molecular weight is 346 g/mol. The molecular formula is C18H20BrNO. The van der Waals surface area contributed by atoms with Gasteiger partial charge in [0.15, 0.2) is 0 Å². The smallest absolute Gasteiger partial charge is 0.227 e. The Hall–Kier alpha value is -1.35. The highest BCUT2D eigenvalue weighted by atomic mass is 79.9. The summed E-state index contributed by atoms with van der Waals surface area (Å²) in [6.45, 7) is 3.12. The van der Waals surface area contributed by atoms with Crippen molar-refractivity contribution in [2.45, 2.75) is 25.8 Å². The van der Waals surface area contributed by atoms with Gasteiger partial charge < -0.3 is 4.90 Å². The third kappa shape index (κ3) is 2.98. The number of alkyl halides is 1. The van der Waals surface area contributed by atoms with Crippen molar-refractivity contribution < 1.29 is 4.79 Å². The molecule has 0 aromatic heterocycles. The highest BCUT2D eigenvalue weighted by Gasteiger charge is 2.33. The summed E-state index contributed by atoms with van der Waals surface area (Å²) in [5, 5.41) is 3.30. The van der Waals surface area contributed by atoms with Gasteiger partial charge in [-0.05, 0) is 28.7 Å². The van der Waals surface area contributed by atoms with Gasteiger partial charge in [-0.3, -0.25) is 4.79 Å². The van der Waals surface area contributed by atoms with Crippen LogP contribution < -0.4 is 0 Å². The number of fused-ring (bicyclic) bond motifs is 1. The van der Waals surface area contributed by atoms with Gasteiger partial charge in [0.05, 0.1) is 6.42 Å². The summed E-state index contributed by atoms with van der Waals surface area (Å²) in [6.07, 6.45) is 1.61. The number of nitrogens with zero attached hydrogens (tertiary/aromatic N) is 1. The maximum Gasteiger partial charge on any atom is 0.227 e. The fourth-order valence-electron chi connectivity index (χ4n) is 3.18. The van der Waals surface area contributed by atoms with E-state index in [0.29, 0.717) is 18.4 Å². The first-order valence-electron chi connectivity index (χ1n) is 7.52. The van der Waals surface area contributed by atoms with E-state index in [9.17, 15) is 4.79 Å². The summed E-state index contributed by atoms with van der Waals surface area (Å²) in [4.78, 5) is 14.6. The molecule has 0 spiro atoms. The summed E-state index contributed by atoms with van der Waals surface area (Å²) >= 11 is 3.55. The topological polar surface area (TPSA) is 20.3 Å². The highest BCUT2D eigenvalue weighted by molar-refractivity contribution is 9.09. The summed E-state index contributed by atoms with van der Waals surface area (Å²) in [5.74, 6) is 0.837. The van der Waals surface area contributed by atoms with Crippen LogP contribution in [0.4, 0.5) is 0 Å². The third-order valence-corrected chi connectivity index (χ3v) is 5.19. The standard InChI is InChI=1S/C18H20BrNO/c1-13-8-9-20(17(13)12-19)18(21)11-14-6-7-15-4-2-3-5-16(15)10-14/h2-7,10,13,17H,8-9,11-12H2,1H3. The Morgan fingerprint density at radius 3 is 2.76 bits per heavy atom. The lowest BCUT2D eigenvalue weighted by Crippen LogP contribution is -2.39. The first-order valence-corrected chi connectivity index (χ1v) is 8.64. The van der Waals surface area contributed by atoms with Crippen molar-refractivity contribution in [2.24, 2.45) is 5.92 Å². The van der Waals surface area contributed by atoms with Crippen LogP contribution in [0, 0.1) is 5.92 Å². The monoisotopic (exact) mass is 345 g/mol. The molecule has 0 N–H and O–H groups in total. The van der Waals surface area contributed by atoms with Gasteiger partial charge in [-0.25, -0.2) is 0 Å². The number of hydrogen-bond donors (Lipinski definition) is 0. The van der Waals surface area contributed by atoms with Gasteiger partial charge in [0.25, 0.3) is 0 Å². The van der Waals surface area contributed by atoms with Crippen LogP contribution in [0.2, 0.25) is 0 Å². The van der Waals surface area contributed by atoms with Gasteiger partial charge in [-0.15, -0.1) is 0 Å². The summed E-state index contributed by atoms with van der Waals surface area (Å²) < 4.78 is 0. The minimum atomic E-state index is 0.249. The fourth-order valence-corrected chi connectivity index (χ4v) is 4.17. The van der Waals surface area contributed by atoms with Gasteiger partial charge in [0, 0.05) is 17.9 Å². The summed E-state index contributed by atoms with van der Waals surface area (Å²) in [6, 6.07) is 14.9. The number of carbonyl (C=O) groups excluding carboxylic acids is 1. The molecule has 1 fully saturated rings. The zero-order chi connectivity index (χ0) is 14.8. The van der Waals surface area contributed by atoms with E-state index < -0.39 is 0 Å². The molecule has 1 heterocycles. The molecule has 3 heteroatoms. The van der Waals surface area contributed by atoms with Crippen LogP contribution in [-0.4, -0.2) is 28.7 Å². The van der Waals surface area contributed by atoms with Crippen LogP contribution >= 0.6 is 15.9 Å². The van der Waals surface area contributed by atoms with Crippen LogP contribution in [-0.2, 0) is 11.2 Å². The van der Waals surface area contributed by atoms with Gasteiger partial charge >= 0.3 is 0 Å². The molecule has 2 atom stereocenters. The Balaban J connectivity index is 1.77. The Labute approximate surface area is 134 Å². The first kappa shape index (κ1) is 14.6. The molecular weight excluding hydrogens is 326 g/mol. The number of rotatable bonds is 3. The van der Waals surface area contributed by atoms with E-state index in [0.717, 1.165) is 23.9 Å². The second kappa shape index (κ2) is 6.18. The number of benzene rings is 2. The zero-order valence-corrected chi connectivity index (χ0v) is 13.8. The molecule has 110 valence electrons. The van der Waals surface area contributed by atoms with E-state index >= 15 is 0 Å². The Kier molecular flexibility index (Phi) is 4.29. The van der Waals surface area contributed by atoms with Crippen molar-refractivity contribution in [3.8, 4) is 0 Å². The van der Waals surface area contributed by atoms with Gasteiger partial charge in [-0.2, -0.15) is 0 Å². The maximum absolute atomic E-state index is 12.6. The molecule has 0 aliphatic carbocycles. The SMILES string of the molecule is CC1CCN(C(=O)Cc2ccc3ccccc3c2)C1CBr. The van der Waals surface area contributed by atoms with Crippen molar-refractivity contribution in [2.75, 3.05) is 11.9 Å². The molecule has 3 rings (SSSR count). The molecule has 2 aromatic carbocycles. The van der Waals surface area contributed by atoms with E-state index in [1.807, 2.05) is 12.1 Å². The minimum absolute atomic E-state index is 0.249. The van der Waals surface area contributed by atoms with Gasteiger partial charge in [0.2, 0.25) is 5.91 Å². The maximum atomic E-state index is 12.6. The molecule has 2 aromatic rings. The van der Waals surface area contributed by atoms with Crippen LogP contribution in [0.3, 0.4) is 0 Å². The van der Waals surface area contributed by atoms with Crippen molar-refractivity contribution >= 4 is 32.6 Å². The molecule has 1 aliphatic heterocycles. The molecule has 0 radical (unpaired) electrons. The van der Waals surface area contributed by atoms with Crippen molar-refractivity contribution in [1.82, 2.24) is 4.90 Å². The summed E-state index contributed by atoms with van der Waals surface area (Å²) in [7, 11) is 0. The molecule has 21 heavy (non-hydrogen) atoms. The number of halogens is 1. The molecule has 1 aliphatic rings. The van der Waals surface area contributed by atoms with E-state index in [1.54, 1.807) is 0 Å². The van der Waals surface area contributed by atoms with Crippen molar-refractivity contribution in [3.63, 3.8) is 0 Å². The van der Waals surface area contributed by atoms with Crippen LogP contribution in [0.5, 0.6) is 0 Å². The van der Waals surface area contributed by atoms with E-state index in [-0.39, 0.29) is 5.91 Å². The van der Waals surface area contributed by atoms with Crippen molar-refractivity contribution in [3.05, 3.63) is 48.0 Å². The van der Waals surface area contributed by atoms with Crippen LogP contribution in [0.15, 0.2) is 42.5 Å². The molecule has 1 saturated heterocycles. The molecule has 0 bridgehead atoms. The zero-order valence-electron chi connectivity index (χ0n) is 12.3. The summed E-state index contributed by atoms with van der Waals surface area (Å²) in [5.41, 5.74) is 1.10. The lowest BCUT2D eigenvalue weighted by atomic mass is 10.0. The normalized spacial score (nSPS) is 21.9. The van der Waals surface area contributed by atoms with Gasteiger partial charge in [-0.1, -0.05) is 65.3 Å². The van der Waals surface area contributed by atoms with E-state index in [1.165, 1.54) is 10.8 Å². The Morgan fingerprint density at radius 1 is 1.24 bits per heavy atom.